The van der Waals surface area contributed by atoms with Gasteiger partial charge in [-0.15, -0.1) is 0 Å². The van der Waals surface area contributed by atoms with Crippen molar-refractivity contribution in [3.05, 3.63) is 125 Å². The molecule has 0 radical (unpaired) electrons. The molecular weight excluding hydrogens is 951 g/mol. The minimum Gasteiger partial charge on any atom is -0.490 e. The number of ether oxygens (including phenoxy) is 1. The highest BCUT2D eigenvalue weighted by molar-refractivity contribution is 7.22. The largest absolute Gasteiger partial charge is 0.490 e. The van der Waals surface area contributed by atoms with Gasteiger partial charge in [0.1, 0.15) is 11.6 Å². The van der Waals surface area contributed by atoms with Crippen LogP contribution in [0, 0.1) is 12.8 Å². The quantitative estimate of drug-likeness (QED) is 0.0696. The number of unbranched alkanes of at least 4 members (excludes halogenated alkanes) is 1. The summed E-state index contributed by atoms with van der Waals surface area (Å²) in [7, 11) is 1.95. The molecule has 1 aliphatic carbocycles. The van der Waals surface area contributed by atoms with Crippen LogP contribution in [-0.2, 0) is 29.6 Å². The fourth-order valence-electron chi connectivity index (χ4n) is 11.9. The maximum atomic E-state index is 13.7. The van der Waals surface area contributed by atoms with E-state index >= 15 is 0 Å². The van der Waals surface area contributed by atoms with Crippen molar-refractivity contribution in [3.8, 4) is 16.9 Å². The summed E-state index contributed by atoms with van der Waals surface area (Å²) in [5.41, 5.74) is 8.52. The first kappa shape index (κ1) is 49.1. The summed E-state index contributed by atoms with van der Waals surface area (Å²) >= 11 is 1.44. The topological polar surface area (TPSA) is 175 Å². The summed E-state index contributed by atoms with van der Waals surface area (Å²) in [5, 5.41) is 22.4. The zero-order valence-corrected chi connectivity index (χ0v) is 43.1. The van der Waals surface area contributed by atoms with Crippen molar-refractivity contribution >= 4 is 72.8 Å². The van der Waals surface area contributed by atoms with Crippen LogP contribution < -0.4 is 25.2 Å². The number of hydrogen-bond acceptors (Lipinski definition) is 12. The number of anilines is 3. The van der Waals surface area contributed by atoms with Gasteiger partial charge in [0.05, 0.1) is 39.1 Å². The molecule has 4 aliphatic rings. The summed E-state index contributed by atoms with van der Waals surface area (Å²) in [6, 6.07) is 29.9. The lowest BCUT2D eigenvalue weighted by Gasteiger charge is -2.41. The molecule has 2 saturated heterocycles. The fourth-order valence-corrected chi connectivity index (χ4v) is 12.8. The Morgan fingerprint density at radius 1 is 0.851 bits per heavy atom. The molecule has 15 nitrogen and oxygen atoms in total. The van der Waals surface area contributed by atoms with E-state index < -0.39 is 11.9 Å². The normalized spacial score (nSPS) is 20.4. The van der Waals surface area contributed by atoms with Crippen molar-refractivity contribution in [1.29, 1.82) is 0 Å². The lowest BCUT2D eigenvalue weighted by molar-refractivity contribution is -0.134. The molecule has 0 bridgehead atoms. The van der Waals surface area contributed by atoms with Gasteiger partial charge in [0.15, 0.2) is 10.8 Å². The molecule has 7 aromatic rings. The van der Waals surface area contributed by atoms with Crippen LogP contribution in [0.15, 0.2) is 91.0 Å². The Morgan fingerprint density at radius 2 is 1.68 bits per heavy atom. The highest BCUT2D eigenvalue weighted by atomic mass is 32.1. The maximum absolute atomic E-state index is 13.7. The lowest BCUT2D eigenvalue weighted by atomic mass is 9.84. The number of thiazole rings is 1. The van der Waals surface area contributed by atoms with Gasteiger partial charge in [-0.3, -0.25) is 34.6 Å². The van der Waals surface area contributed by atoms with Gasteiger partial charge in [-0.1, -0.05) is 72.7 Å². The molecule has 2 atom stereocenters. The van der Waals surface area contributed by atoms with Crippen molar-refractivity contribution in [2.45, 2.75) is 103 Å². The Kier molecular flexibility index (Phi) is 13.9. The predicted molar refractivity (Wildman–Crippen MR) is 289 cm³/mol. The molecule has 3 fully saturated rings. The smallest absolute Gasteiger partial charge is 0.355 e. The van der Waals surface area contributed by atoms with E-state index in [1.807, 2.05) is 91.4 Å². The maximum Gasteiger partial charge on any atom is 0.355 e. The summed E-state index contributed by atoms with van der Waals surface area (Å²) < 4.78 is 9.61. The molecule has 382 valence electrons. The van der Waals surface area contributed by atoms with E-state index in [2.05, 4.69) is 55.4 Å². The monoisotopic (exact) mass is 1010 g/mol. The minimum atomic E-state index is -1.10. The van der Waals surface area contributed by atoms with Crippen LogP contribution in [0.25, 0.3) is 32.2 Å². The minimum absolute atomic E-state index is 0.0188. The Hall–Kier alpha value is -7.17. The second kappa shape index (κ2) is 21.0. The van der Waals surface area contributed by atoms with Crippen molar-refractivity contribution in [2.24, 2.45) is 13.0 Å². The van der Waals surface area contributed by atoms with Crippen LogP contribution >= 0.6 is 11.3 Å². The Morgan fingerprint density at radius 3 is 2.49 bits per heavy atom. The number of carboxylic acids is 1. The van der Waals surface area contributed by atoms with E-state index in [0.717, 1.165) is 112 Å². The number of piperidine rings is 1. The molecule has 74 heavy (non-hydrogen) atoms. The Labute approximate surface area is 434 Å². The van der Waals surface area contributed by atoms with Gasteiger partial charge in [0.25, 0.3) is 5.91 Å². The zero-order chi connectivity index (χ0) is 51.0. The number of aromatic carboxylic acids is 1. The number of carbonyl (C=O) groups excluding carboxylic acids is 3. The number of carboxylic acid groups (broad SMARTS) is 1. The molecule has 11 rings (SSSR count). The number of carbonyl (C=O) groups is 4. The number of amides is 3. The van der Waals surface area contributed by atoms with E-state index in [-0.39, 0.29) is 29.5 Å². The first-order valence-electron chi connectivity index (χ1n) is 26.3. The Bertz CT molecular complexity index is 3250. The molecule has 1 saturated carbocycles. The zero-order valence-electron chi connectivity index (χ0n) is 42.3. The molecule has 3 aromatic heterocycles. The van der Waals surface area contributed by atoms with Gasteiger partial charge in [-0.2, -0.15) is 5.10 Å². The van der Waals surface area contributed by atoms with E-state index in [4.69, 9.17) is 14.8 Å². The SMILES string of the molecule is Cc1c(OC2CCC(CCCCN3CCN(c4cccc5c(C6CCC(=O)NC6=O)nn(C)c45)CC3C)CC2)cccc1-c1ccc(N2CCc3cccc(C(=O)Nc4nc5ccccc5s4)c3C2)nc1C(=O)O. The van der Waals surface area contributed by atoms with Crippen LogP contribution in [0.1, 0.15) is 114 Å². The van der Waals surface area contributed by atoms with E-state index in [9.17, 15) is 24.3 Å². The summed E-state index contributed by atoms with van der Waals surface area (Å²) in [6.45, 7) is 9.29. The van der Waals surface area contributed by atoms with Crippen molar-refractivity contribution in [2.75, 3.05) is 47.8 Å². The van der Waals surface area contributed by atoms with E-state index in [1.54, 1.807) is 0 Å². The third-order valence-corrected chi connectivity index (χ3v) is 16.9. The van der Waals surface area contributed by atoms with Crippen LogP contribution in [-0.4, -0.2) is 98.3 Å². The van der Waals surface area contributed by atoms with Gasteiger partial charge >= 0.3 is 5.97 Å². The van der Waals surface area contributed by atoms with Gasteiger partial charge in [-0.05, 0) is 136 Å². The molecule has 3 N–H and O–H groups in total. The second-order valence-corrected chi connectivity index (χ2v) is 21.7. The number of aryl methyl sites for hydroxylation is 1. The number of benzene rings is 4. The Balaban J connectivity index is 0.663. The third kappa shape index (κ3) is 9.96. The highest BCUT2D eigenvalue weighted by Crippen LogP contribution is 2.39. The number of pyridine rings is 1. The summed E-state index contributed by atoms with van der Waals surface area (Å²) in [4.78, 5) is 67.7. The van der Waals surface area contributed by atoms with Crippen molar-refractivity contribution in [1.82, 2.24) is 30.0 Å². The number of para-hydroxylation sites is 2. The molecule has 4 aromatic carbocycles. The standard InChI is InChI=1S/C58H63N9O6S/c1-35-33-66(47-17-9-15-43-52(63-64(3)54(43)47)44-25-27-51(68)61-56(44)70)32-31-65(35)29-7-6-11-37-20-22-39(23-21-37)73-48-18-10-13-40(36(48)2)41-24-26-50(60-53(41)57(71)72)67-30-28-38-12-8-14-42(45(38)34-67)55(69)62-58-59-46-16-4-5-19-49(46)74-58/h4-5,8-10,12-19,24,26,35,37,39,44H,6-7,11,20-23,25,27-34H2,1-3H3,(H,71,72)(H,59,62,69)(H,61,68,70). The van der Waals surface area contributed by atoms with Crippen LogP contribution in [0.4, 0.5) is 16.6 Å². The highest BCUT2D eigenvalue weighted by Gasteiger charge is 2.34. The molecule has 3 amide bonds. The van der Waals surface area contributed by atoms with E-state index in [0.29, 0.717) is 66.4 Å². The van der Waals surface area contributed by atoms with Crippen LogP contribution in [0.2, 0.25) is 0 Å². The summed E-state index contributed by atoms with van der Waals surface area (Å²) in [6.07, 6.45) is 9.46. The first-order chi connectivity index (χ1) is 35.9. The number of fused-ring (bicyclic) bond motifs is 3. The van der Waals surface area contributed by atoms with Gasteiger partial charge in [0, 0.05) is 68.7 Å². The van der Waals surface area contributed by atoms with Crippen LogP contribution in [0.3, 0.4) is 0 Å². The number of nitrogens with one attached hydrogen (secondary N) is 2. The van der Waals surface area contributed by atoms with Crippen LogP contribution in [0.5, 0.6) is 5.75 Å². The van der Waals surface area contributed by atoms with Crippen molar-refractivity contribution < 1.29 is 29.0 Å². The van der Waals surface area contributed by atoms with Crippen molar-refractivity contribution in [3.63, 3.8) is 0 Å². The number of piperazine rings is 1. The summed E-state index contributed by atoms with van der Waals surface area (Å²) in [5.74, 6) is -0.212. The van der Waals surface area contributed by atoms with Gasteiger partial charge in [0.2, 0.25) is 11.8 Å². The fraction of sp³-hybridized carbons (Fsp3) is 0.397. The molecular formula is C58H63N9O6S. The average molecular weight is 1010 g/mol. The predicted octanol–water partition coefficient (Wildman–Crippen LogP) is 9.91. The number of nitrogens with zero attached hydrogens (tertiary/aromatic N) is 7. The number of aromatic nitrogens is 4. The number of rotatable bonds is 14. The first-order valence-corrected chi connectivity index (χ1v) is 27.1. The van der Waals surface area contributed by atoms with Gasteiger partial charge in [-0.25, -0.2) is 14.8 Å². The molecule has 16 heteroatoms. The average Bonchev–Trinajstić information content (AvgIpc) is 3.98. The third-order valence-electron chi connectivity index (χ3n) is 16.0. The van der Waals surface area contributed by atoms with E-state index in [1.165, 1.54) is 30.6 Å². The molecule has 6 heterocycles. The molecule has 3 aliphatic heterocycles. The molecule has 0 spiro atoms. The second-order valence-electron chi connectivity index (χ2n) is 20.6. The number of hydrogen-bond donors (Lipinski definition) is 3. The number of imide groups is 1. The van der Waals surface area contributed by atoms with Gasteiger partial charge < -0.3 is 19.6 Å². The molecule has 2 unspecified atom stereocenters. The lowest BCUT2D eigenvalue weighted by Crippen LogP contribution is -2.52.